The molecule has 0 saturated heterocycles. The van der Waals surface area contributed by atoms with E-state index in [1.807, 2.05) is 0 Å². The minimum absolute atomic E-state index is 0.0672. The second kappa shape index (κ2) is 7.03. The molecule has 1 fully saturated rings. The van der Waals surface area contributed by atoms with Crippen molar-refractivity contribution in [2.45, 2.75) is 38.7 Å². The number of ether oxygens (including phenoxy) is 1. The van der Waals surface area contributed by atoms with Crippen LogP contribution in [0.15, 0.2) is 18.2 Å². The molecule has 0 aliphatic heterocycles. The maximum absolute atomic E-state index is 13.6. The summed E-state index contributed by atoms with van der Waals surface area (Å²) in [4.78, 5) is 23.2. The first-order valence-electron chi connectivity index (χ1n) is 7.19. The maximum Gasteiger partial charge on any atom is 0.338 e. The number of nitrogens with one attached hydrogen (secondary N) is 1. The molecule has 1 saturated carbocycles. The summed E-state index contributed by atoms with van der Waals surface area (Å²) in [5, 5.41) is 11.4. The van der Waals surface area contributed by atoms with Crippen LogP contribution in [-0.4, -0.2) is 18.0 Å². The van der Waals surface area contributed by atoms with Gasteiger partial charge in [0.1, 0.15) is 11.9 Å². The normalized spacial score (nSPS) is 20.8. The van der Waals surface area contributed by atoms with Gasteiger partial charge in [0.25, 0.3) is 0 Å². The summed E-state index contributed by atoms with van der Waals surface area (Å²) >= 11 is 0. The number of nitriles is 1. The molecule has 1 aromatic rings. The first kappa shape index (κ1) is 16.0. The molecular weight excluding hydrogens is 287 g/mol. The van der Waals surface area contributed by atoms with Crippen molar-refractivity contribution < 1.29 is 18.7 Å². The second-order valence-electron chi connectivity index (χ2n) is 5.34. The van der Waals surface area contributed by atoms with Gasteiger partial charge in [-0.25, -0.2) is 9.18 Å². The Hall–Kier alpha value is -2.42. The van der Waals surface area contributed by atoms with Crippen molar-refractivity contribution in [2.24, 2.45) is 5.92 Å². The molecule has 116 valence electrons. The summed E-state index contributed by atoms with van der Waals surface area (Å²) in [6, 6.07) is 5.80. The van der Waals surface area contributed by atoms with Crippen molar-refractivity contribution in [3.63, 3.8) is 0 Å². The fourth-order valence-electron chi connectivity index (χ4n) is 2.53. The molecule has 2 rings (SSSR count). The van der Waals surface area contributed by atoms with Crippen molar-refractivity contribution in [1.82, 2.24) is 0 Å². The zero-order valence-corrected chi connectivity index (χ0v) is 12.3. The number of carbonyl (C=O) groups excluding carboxylic acids is 2. The smallest absolute Gasteiger partial charge is 0.338 e. The summed E-state index contributed by atoms with van der Waals surface area (Å²) in [5.41, 5.74) is 0.0786. The first-order chi connectivity index (χ1) is 10.5. The quantitative estimate of drug-likeness (QED) is 0.870. The Kier molecular flexibility index (Phi) is 5.10. The molecule has 0 radical (unpaired) electrons. The first-order valence-corrected chi connectivity index (χ1v) is 7.19. The van der Waals surface area contributed by atoms with Crippen molar-refractivity contribution >= 4 is 17.6 Å². The van der Waals surface area contributed by atoms with Crippen LogP contribution < -0.4 is 5.32 Å². The van der Waals surface area contributed by atoms with Crippen molar-refractivity contribution in [3.8, 4) is 6.07 Å². The maximum atomic E-state index is 13.6. The molecule has 0 aromatic heterocycles. The lowest BCUT2D eigenvalue weighted by Gasteiger charge is -2.26. The number of halogens is 1. The number of carbonyl (C=O) groups is 2. The van der Waals surface area contributed by atoms with E-state index >= 15 is 0 Å². The SMILES string of the molecule is CC(=O)Nc1cc(C(=O)OC2CCCCC2C#N)ccc1F. The number of rotatable bonds is 3. The highest BCUT2D eigenvalue weighted by Crippen LogP contribution is 2.27. The van der Waals surface area contributed by atoms with Crippen LogP contribution in [0.5, 0.6) is 0 Å². The van der Waals surface area contributed by atoms with Crippen LogP contribution in [0.3, 0.4) is 0 Å². The van der Waals surface area contributed by atoms with E-state index in [2.05, 4.69) is 11.4 Å². The zero-order valence-electron chi connectivity index (χ0n) is 12.3. The fourth-order valence-corrected chi connectivity index (χ4v) is 2.53. The summed E-state index contributed by atoms with van der Waals surface area (Å²) in [5.74, 6) is -1.97. The topological polar surface area (TPSA) is 79.2 Å². The average Bonchev–Trinajstić information content (AvgIpc) is 2.49. The van der Waals surface area contributed by atoms with Gasteiger partial charge in [0.05, 0.1) is 23.2 Å². The minimum Gasteiger partial charge on any atom is -0.457 e. The number of esters is 1. The van der Waals surface area contributed by atoms with Crippen LogP contribution in [0.1, 0.15) is 43.0 Å². The Bertz CT molecular complexity index is 624. The molecule has 1 aliphatic rings. The van der Waals surface area contributed by atoms with E-state index in [1.54, 1.807) is 0 Å². The molecule has 2 unspecified atom stereocenters. The van der Waals surface area contributed by atoms with Crippen molar-refractivity contribution in [2.75, 3.05) is 5.32 Å². The van der Waals surface area contributed by atoms with Gasteiger partial charge in [-0.15, -0.1) is 0 Å². The number of hydrogen-bond donors (Lipinski definition) is 1. The lowest BCUT2D eigenvalue weighted by atomic mass is 9.87. The van der Waals surface area contributed by atoms with Crippen LogP contribution in [0.4, 0.5) is 10.1 Å². The number of benzene rings is 1. The minimum atomic E-state index is -0.626. The number of amides is 1. The van der Waals surface area contributed by atoms with Gasteiger partial charge < -0.3 is 10.1 Å². The Morgan fingerprint density at radius 1 is 1.36 bits per heavy atom. The van der Waals surface area contributed by atoms with Gasteiger partial charge in [0, 0.05) is 6.92 Å². The monoisotopic (exact) mass is 304 g/mol. The van der Waals surface area contributed by atoms with Crippen LogP contribution in [0.25, 0.3) is 0 Å². The standard InChI is InChI=1S/C16H17FN2O3/c1-10(20)19-14-8-11(6-7-13(14)17)16(21)22-15-5-3-2-4-12(15)9-18/h6-8,12,15H,2-5H2,1H3,(H,19,20). The van der Waals surface area contributed by atoms with E-state index in [-0.39, 0.29) is 17.2 Å². The van der Waals surface area contributed by atoms with Gasteiger partial charge >= 0.3 is 5.97 Å². The van der Waals surface area contributed by atoms with E-state index in [9.17, 15) is 14.0 Å². The fraction of sp³-hybridized carbons (Fsp3) is 0.438. The third-order valence-corrected chi connectivity index (χ3v) is 3.64. The molecule has 0 spiro atoms. The molecule has 0 heterocycles. The summed E-state index contributed by atoms with van der Waals surface area (Å²) in [6.07, 6.45) is 2.81. The van der Waals surface area contributed by atoms with Gasteiger partial charge in [0.15, 0.2) is 0 Å². The van der Waals surface area contributed by atoms with Gasteiger partial charge in [0.2, 0.25) is 5.91 Å². The van der Waals surface area contributed by atoms with E-state index in [0.29, 0.717) is 6.42 Å². The van der Waals surface area contributed by atoms with E-state index < -0.39 is 23.8 Å². The number of hydrogen-bond acceptors (Lipinski definition) is 4. The molecule has 1 aliphatic carbocycles. The molecule has 6 heteroatoms. The molecule has 2 atom stereocenters. The van der Waals surface area contributed by atoms with Crippen molar-refractivity contribution in [3.05, 3.63) is 29.6 Å². The zero-order chi connectivity index (χ0) is 16.1. The highest BCUT2D eigenvalue weighted by molar-refractivity contribution is 5.93. The number of nitrogens with zero attached hydrogens (tertiary/aromatic N) is 1. The van der Waals surface area contributed by atoms with E-state index in [1.165, 1.54) is 19.1 Å². The largest absolute Gasteiger partial charge is 0.457 e. The molecule has 5 nitrogen and oxygen atoms in total. The predicted octanol–water partition coefficient (Wildman–Crippen LogP) is 3.02. The summed E-state index contributed by atoms with van der Waals surface area (Å²) in [7, 11) is 0. The van der Waals surface area contributed by atoms with Crippen molar-refractivity contribution in [1.29, 1.82) is 5.26 Å². The third-order valence-electron chi connectivity index (χ3n) is 3.64. The molecule has 0 bridgehead atoms. The third kappa shape index (κ3) is 3.82. The number of anilines is 1. The molecule has 1 N–H and O–H groups in total. The second-order valence-corrected chi connectivity index (χ2v) is 5.34. The highest BCUT2D eigenvalue weighted by Gasteiger charge is 2.28. The Morgan fingerprint density at radius 3 is 2.77 bits per heavy atom. The predicted molar refractivity (Wildman–Crippen MR) is 77.5 cm³/mol. The van der Waals surface area contributed by atoms with Gasteiger partial charge in [-0.1, -0.05) is 6.42 Å². The Labute approximate surface area is 128 Å². The molecule has 1 amide bonds. The lowest BCUT2D eigenvalue weighted by Crippen LogP contribution is -2.29. The molecular formula is C16H17FN2O3. The van der Waals surface area contributed by atoms with Gasteiger partial charge in [-0.05, 0) is 37.5 Å². The van der Waals surface area contributed by atoms with Gasteiger partial charge in [-0.2, -0.15) is 5.26 Å². The Morgan fingerprint density at radius 2 is 2.09 bits per heavy atom. The summed E-state index contributed by atoms with van der Waals surface area (Å²) < 4.78 is 18.9. The Balaban J connectivity index is 2.12. The van der Waals surface area contributed by atoms with Crippen LogP contribution in [0.2, 0.25) is 0 Å². The van der Waals surface area contributed by atoms with E-state index in [4.69, 9.17) is 10.00 Å². The average molecular weight is 304 g/mol. The van der Waals surface area contributed by atoms with Crippen LogP contribution >= 0.6 is 0 Å². The summed E-state index contributed by atoms with van der Waals surface area (Å²) in [6.45, 7) is 1.25. The van der Waals surface area contributed by atoms with Crippen LogP contribution in [-0.2, 0) is 9.53 Å². The van der Waals surface area contributed by atoms with Crippen LogP contribution in [0, 0.1) is 23.1 Å². The van der Waals surface area contributed by atoms with E-state index in [0.717, 1.165) is 25.3 Å². The lowest BCUT2D eigenvalue weighted by molar-refractivity contribution is -0.114. The molecule has 1 aromatic carbocycles. The highest BCUT2D eigenvalue weighted by atomic mass is 19.1. The van der Waals surface area contributed by atoms with Gasteiger partial charge in [-0.3, -0.25) is 4.79 Å². The molecule has 22 heavy (non-hydrogen) atoms.